The third-order valence-electron chi connectivity index (χ3n) is 4.80. The molecule has 0 spiro atoms. The number of carbonyl (C=O) groups is 1. The van der Waals surface area contributed by atoms with E-state index in [9.17, 15) is 4.79 Å². The highest BCUT2D eigenvalue weighted by Crippen LogP contribution is 2.24. The van der Waals surface area contributed by atoms with Crippen LogP contribution in [0.25, 0.3) is 0 Å². The first-order valence-corrected chi connectivity index (χ1v) is 8.86. The first kappa shape index (κ1) is 18.6. The third-order valence-corrected chi connectivity index (χ3v) is 4.80. The molecule has 0 bridgehead atoms. The highest BCUT2D eigenvalue weighted by atomic mass is 16.5. The maximum Gasteiger partial charge on any atom is 0.220 e. The molecule has 1 unspecified atom stereocenters. The van der Waals surface area contributed by atoms with E-state index in [2.05, 4.69) is 17.1 Å². The monoisotopic (exact) mass is 334 g/mol. The predicted octanol–water partition coefficient (Wildman–Crippen LogP) is 2.83. The van der Waals surface area contributed by atoms with Gasteiger partial charge in [0.1, 0.15) is 11.5 Å². The molecular weight excluding hydrogens is 304 g/mol. The summed E-state index contributed by atoms with van der Waals surface area (Å²) < 4.78 is 10.6. The molecule has 0 radical (unpaired) electrons. The van der Waals surface area contributed by atoms with Crippen LogP contribution in [0.5, 0.6) is 11.5 Å². The zero-order chi connectivity index (χ0) is 17.4. The van der Waals surface area contributed by atoms with Crippen molar-refractivity contribution in [2.45, 2.75) is 39.2 Å². The normalized spacial score (nSPS) is 18.2. The van der Waals surface area contributed by atoms with Crippen LogP contribution in [0.2, 0.25) is 0 Å². The number of hydrogen-bond donors (Lipinski definition) is 1. The lowest BCUT2D eigenvalue weighted by atomic mass is 9.93. The number of benzene rings is 1. The van der Waals surface area contributed by atoms with Crippen molar-refractivity contribution in [2.75, 3.05) is 33.9 Å². The summed E-state index contributed by atoms with van der Waals surface area (Å²) in [5, 5.41) is 3.00. The SMILES string of the molecule is CCN1CCCC(CCC(=O)NCc2ccc(OC)cc2OC)C1. The van der Waals surface area contributed by atoms with Crippen LogP contribution in [0.1, 0.15) is 38.2 Å². The van der Waals surface area contributed by atoms with Crippen LogP contribution in [-0.4, -0.2) is 44.7 Å². The third kappa shape index (κ3) is 5.41. The molecule has 1 atom stereocenters. The Bertz CT molecular complexity index is 533. The number of rotatable bonds is 8. The van der Waals surface area contributed by atoms with E-state index >= 15 is 0 Å². The first-order chi connectivity index (χ1) is 11.7. The summed E-state index contributed by atoms with van der Waals surface area (Å²) in [6.07, 6.45) is 4.07. The van der Waals surface area contributed by atoms with Crippen molar-refractivity contribution in [3.05, 3.63) is 23.8 Å². The van der Waals surface area contributed by atoms with Crippen LogP contribution in [0.4, 0.5) is 0 Å². The zero-order valence-corrected chi connectivity index (χ0v) is 15.1. The van der Waals surface area contributed by atoms with E-state index in [1.165, 1.54) is 19.4 Å². The van der Waals surface area contributed by atoms with Crippen molar-refractivity contribution in [3.8, 4) is 11.5 Å². The summed E-state index contributed by atoms with van der Waals surface area (Å²) >= 11 is 0. The average molecular weight is 334 g/mol. The summed E-state index contributed by atoms with van der Waals surface area (Å²) in [5.41, 5.74) is 0.960. The lowest BCUT2D eigenvalue weighted by Crippen LogP contribution is -2.35. The molecule has 0 aromatic heterocycles. The Kier molecular flexibility index (Phi) is 7.37. The van der Waals surface area contributed by atoms with Crippen molar-refractivity contribution in [2.24, 2.45) is 5.92 Å². The Hall–Kier alpha value is -1.75. The number of carbonyl (C=O) groups excluding carboxylic acids is 1. The summed E-state index contributed by atoms with van der Waals surface area (Å²) in [7, 11) is 3.25. The number of likely N-dealkylation sites (tertiary alicyclic amines) is 1. The van der Waals surface area contributed by atoms with Gasteiger partial charge in [-0.15, -0.1) is 0 Å². The number of piperidine rings is 1. The minimum Gasteiger partial charge on any atom is -0.497 e. The number of ether oxygens (including phenoxy) is 2. The number of hydrogen-bond acceptors (Lipinski definition) is 4. The number of methoxy groups -OCH3 is 2. The highest BCUT2D eigenvalue weighted by Gasteiger charge is 2.19. The molecule has 24 heavy (non-hydrogen) atoms. The second-order valence-electron chi connectivity index (χ2n) is 6.39. The van der Waals surface area contributed by atoms with E-state index in [0.29, 0.717) is 18.9 Å². The molecule has 134 valence electrons. The van der Waals surface area contributed by atoms with Crippen molar-refractivity contribution in [1.29, 1.82) is 0 Å². The molecule has 0 saturated carbocycles. The molecule has 1 aromatic rings. The van der Waals surface area contributed by atoms with E-state index in [-0.39, 0.29) is 5.91 Å². The quantitative estimate of drug-likeness (QED) is 0.794. The van der Waals surface area contributed by atoms with Gasteiger partial charge >= 0.3 is 0 Å². The van der Waals surface area contributed by atoms with E-state index in [0.717, 1.165) is 36.6 Å². The summed E-state index contributed by atoms with van der Waals surface area (Å²) in [6.45, 7) is 6.14. The largest absolute Gasteiger partial charge is 0.497 e. The molecule has 1 aliphatic rings. The van der Waals surface area contributed by atoms with Crippen molar-refractivity contribution >= 4 is 5.91 Å². The molecule has 1 saturated heterocycles. The minimum atomic E-state index is 0.112. The Morgan fingerprint density at radius 3 is 2.88 bits per heavy atom. The van der Waals surface area contributed by atoms with Gasteiger partial charge in [0.15, 0.2) is 0 Å². The van der Waals surface area contributed by atoms with Crippen LogP contribution in [0, 0.1) is 5.92 Å². The molecule has 1 heterocycles. The van der Waals surface area contributed by atoms with Crippen LogP contribution in [0.15, 0.2) is 18.2 Å². The second-order valence-corrected chi connectivity index (χ2v) is 6.39. The molecule has 1 amide bonds. The average Bonchev–Trinajstić information content (AvgIpc) is 2.64. The molecule has 1 aromatic carbocycles. The van der Waals surface area contributed by atoms with Crippen LogP contribution in [0.3, 0.4) is 0 Å². The Morgan fingerprint density at radius 1 is 1.33 bits per heavy atom. The van der Waals surface area contributed by atoms with Gasteiger partial charge in [-0.1, -0.05) is 6.92 Å². The van der Waals surface area contributed by atoms with Crippen LogP contribution < -0.4 is 14.8 Å². The van der Waals surface area contributed by atoms with E-state index < -0.39 is 0 Å². The lowest BCUT2D eigenvalue weighted by Gasteiger charge is -2.31. The van der Waals surface area contributed by atoms with Crippen LogP contribution in [-0.2, 0) is 11.3 Å². The fourth-order valence-electron chi connectivity index (χ4n) is 3.29. The molecular formula is C19H30N2O3. The minimum absolute atomic E-state index is 0.112. The van der Waals surface area contributed by atoms with Gasteiger partial charge in [0.2, 0.25) is 5.91 Å². The Labute approximate surface area is 145 Å². The first-order valence-electron chi connectivity index (χ1n) is 8.86. The predicted molar refractivity (Wildman–Crippen MR) is 95.5 cm³/mol. The second kappa shape index (κ2) is 9.52. The standard InChI is InChI=1S/C19H30N2O3/c1-4-21-11-5-6-15(14-21)7-10-19(22)20-13-16-8-9-17(23-2)12-18(16)24-3/h8-9,12,15H,4-7,10-11,13-14H2,1-3H3,(H,20,22). The molecule has 0 aliphatic carbocycles. The maximum absolute atomic E-state index is 12.1. The number of amides is 1. The van der Waals surface area contributed by atoms with Gasteiger partial charge in [0, 0.05) is 31.1 Å². The Balaban J connectivity index is 1.77. The van der Waals surface area contributed by atoms with Gasteiger partial charge in [-0.05, 0) is 50.4 Å². The van der Waals surface area contributed by atoms with E-state index in [1.807, 2.05) is 18.2 Å². The summed E-state index contributed by atoms with van der Waals surface area (Å²) in [4.78, 5) is 14.6. The van der Waals surface area contributed by atoms with Gasteiger partial charge in [-0.3, -0.25) is 4.79 Å². The van der Waals surface area contributed by atoms with Gasteiger partial charge in [-0.2, -0.15) is 0 Å². The van der Waals surface area contributed by atoms with E-state index in [4.69, 9.17) is 9.47 Å². The summed E-state index contributed by atoms with van der Waals surface area (Å²) in [6, 6.07) is 5.65. The maximum atomic E-state index is 12.1. The molecule has 1 N–H and O–H groups in total. The molecule has 5 heteroatoms. The fourth-order valence-corrected chi connectivity index (χ4v) is 3.29. The molecule has 5 nitrogen and oxygen atoms in total. The van der Waals surface area contributed by atoms with Crippen LogP contribution >= 0.6 is 0 Å². The van der Waals surface area contributed by atoms with Crippen molar-refractivity contribution in [1.82, 2.24) is 10.2 Å². The van der Waals surface area contributed by atoms with Gasteiger partial charge in [0.25, 0.3) is 0 Å². The zero-order valence-electron chi connectivity index (χ0n) is 15.1. The van der Waals surface area contributed by atoms with Gasteiger partial charge < -0.3 is 19.7 Å². The van der Waals surface area contributed by atoms with E-state index in [1.54, 1.807) is 14.2 Å². The van der Waals surface area contributed by atoms with Crippen molar-refractivity contribution in [3.63, 3.8) is 0 Å². The van der Waals surface area contributed by atoms with Gasteiger partial charge in [0.05, 0.1) is 14.2 Å². The molecule has 1 fully saturated rings. The summed E-state index contributed by atoms with van der Waals surface area (Å²) in [5.74, 6) is 2.25. The smallest absolute Gasteiger partial charge is 0.220 e. The highest BCUT2D eigenvalue weighted by molar-refractivity contribution is 5.75. The lowest BCUT2D eigenvalue weighted by molar-refractivity contribution is -0.121. The fraction of sp³-hybridized carbons (Fsp3) is 0.632. The number of nitrogens with zero attached hydrogens (tertiary/aromatic N) is 1. The van der Waals surface area contributed by atoms with Gasteiger partial charge in [-0.25, -0.2) is 0 Å². The number of nitrogens with one attached hydrogen (secondary N) is 1. The molecule has 1 aliphatic heterocycles. The van der Waals surface area contributed by atoms with Crippen molar-refractivity contribution < 1.29 is 14.3 Å². The Morgan fingerprint density at radius 2 is 2.17 bits per heavy atom. The topological polar surface area (TPSA) is 50.8 Å². The molecule has 2 rings (SSSR count).